The SMILES string of the molecule is Cc1ncc([N+](=O)[O-])cc1C(=O)Cl. The first-order valence-electron chi connectivity index (χ1n) is 3.33. The number of carbonyl (C=O) groups excluding carboxylic acids is 1. The molecular formula is C7H5ClN2O3. The number of pyridine rings is 1. The van der Waals surface area contributed by atoms with Gasteiger partial charge in [0.2, 0.25) is 0 Å². The van der Waals surface area contributed by atoms with Crippen LogP contribution < -0.4 is 0 Å². The Bertz CT molecular complexity index is 378. The molecule has 0 aromatic carbocycles. The average molecular weight is 201 g/mol. The Labute approximate surface area is 78.5 Å². The molecule has 0 atom stereocenters. The third kappa shape index (κ3) is 2.00. The minimum atomic E-state index is -0.742. The molecule has 1 rings (SSSR count). The van der Waals surface area contributed by atoms with E-state index in [1.807, 2.05) is 0 Å². The molecule has 5 nitrogen and oxygen atoms in total. The van der Waals surface area contributed by atoms with Gasteiger partial charge in [0.05, 0.1) is 10.5 Å². The predicted octanol–water partition coefficient (Wildman–Crippen LogP) is 1.68. The maximum Gasteiger partial charge on any atom is 0.288 e. The van der Waals surface area contributed by atoms with Gasteiger partial charge in [-0.1, -0.05) is 0 Å². The summed E-state index contributed by atoms with van der Waals surface area (Å²) in [5.74, 6) is 0. The fourth-order valence-electron chi connectivity index (χ4n) is 0.821. The zero-order valence-corrected chi connectivity index (χ0v) is 7.41. The predicted molar refractivity (Wildman–Crippen MR) is 45.8 cm³/mol. The van der Waals surface area contributed by atoms with Crippen LogP contribution in [0.25, 0.3) is 0 Å². The highest BCUT2D eigenvalue weighted by Crippen LogP contribution is 2.16. The second-order valence-electron chi connectivity index (χ2n) is 2.36. The summed E-state index contributed by atoms with van der Waals surface area (Å²) in [5.41, 5.74) is 0.205. The number of nitrogens with zero attached hydrogens (tertiary/aromatic N) is 2. The van der Waals surface area contributed by atoms with E-state index in [1.165, 1.54) is 0 Å². The fourth-order valence-corrected chi connectivity index (χ4v) is 1.01. The number of rotatable bonds is 2. The highest BCUT2D eigenvalue weighted by atomic mass is 35.5. The first-order chi connectivity index (χ1) is 6.02. The molecule has 1 aromatic rings. The van der Waals surface area contributed by atoms with Crippen LogP contribution >= 0.6 is 11.6 Å². The average Bonchev–Trinajstić information content (AvgIpc) is 2.04. The van der Waals surface area contributed by atoms with Crippen molar-refractivity contribution in [3.05, 3.63) is 33.6 Å². The van der Waals surface area contributed by atoms with Crippen molar-refractivity contribution in [3.63, 3.8) is 0 Å². The Morgan fingerprint density at radius 3 is 2.77 bits per heavy atom. The van der Waals surface area contributed by atoms with E-state index in [0.717, 1.165) is 12.3 Å². The highest BCUT2D eigenvalue weighted by molar-refractivity contribution is 6.67. The van der Waals surface area contributed by atoms with Gasteiger partial charge in [0.15, 0.2) is 0 Å². The van der Waals surface area contributed by atoms with Crippen LogP contribution in [0.2, 0.25) is 0 Å². The van der Waals surface area contributed by atoms with Gasteiger partial charge in [0.1, 0.15) is 6.20 Å². The van der Waals surface area contributed by atoms with Crippen LogP contribution in [-0.2, 0) is 0 Å². The van der Waals surface area contributed by atoms with Crippen molar-refractivity contribution in [1.29, 1.82) is 0 Å². The number of nitro groups is 1. The topological polar surface area (TPSA) is 73.1 Å². The molecule has 0 saturated heterocycles. The summed E-state index contributed by atoms with van der Waals surface area (Å²) in [6.07, 6.45) is 1.08. The van der Waals surface area contributed by atoms with E-state index in [2.05, 4.69) is 4.98 Å². The molecule has 0 aliphatic carbocycles. The Balaban J connectivity index is 3.27. The molecular weight excluding hydrogens is 196 g/mol. The standard InChI is InChI=1S/C7H5ClN2O3/c1-4-6(7(8)11)2-5(3-9-4)10(12)13/h2-3H,1H3. The quantitative estimate of drug-likeness (QED) is 0.414. The van der Waals surface area contributed by atoms with Crippen molar-refractivity contribution in [1.82, 2.24) is 4.98 Å². The number of aryl methyl sites for hydroxylation is 1. The van der Waals surface area contributed by atoms with Crippen LogP contribution in [0.4, 0.5) is 5.69 Å². The molecule has 0 unspecified atom stereocenters. The molecule has 68 valence electrons. The summed E-state index contributed by atoms with van der Waals surface area (Å²) >= 11 is 5.18. The number of aromatic nitrogens is 1. The van der Waals surface area contributed by atoms with Crippen molar-refractivity contribution in [2.75, 3.05) is 0 Å². The molecule has 6 heteroatoms. The summed E-state index contributed by atoms with van der Waals surface area (Å²) in [6.45, 7) is 1.55. The largest absolute Gasteiger partial charge is 0.288 e. The number of hydrogen-bond donors (Lipinski definition) is 0. The van der Waals surface area contributed by atoms with Crippen LogP contribution in [0.15, 0.2) is 12.3 Å². The van der Waals surface area contributed by atoms with Crippen LogP contribution in [0, 0.1) is 17.0 Å². The summed E-state index contributed by atoms with van der Waals surface area (Å²) in [4.78, 5) is 24.1. The highest BCUT2D eigenvalue weighted by Gasteiger charge is 2.13. The number of carbonyl (C=O) groups is 1. The van der Waals surface area contributed by atoms with Gasteiger partial charge in [-0.25, -0.2) is 0 Å². The van der Waals surface area contributed by atoms with E-state index in [-0.39, 0.29) is 11.3 Å². The van der Waals surface area contributed by atoms with Crippen molar-refractivity contribution in [2.45, 2.75) is 6.92 Å². The van der Waals surface area contributed by atoms with E-state index >= 15 is 0 Å². The lowest BCUT2D eigenvalue weighted by atomic mass is 10.2. The van der Waals surface area contributed by atoms with Crippen LogP contribution in [0.3, 0.4) is 0 Å². The first kappa shape index (κ1) is 9.60. The van der Waals surface area contributed by atoms with E-state index in [1.54, 1.807) is 6.92 Å². The third-order valence-electron chi connectivity index (χ3n) is 1.50. The molecule has 0 amide bonds. The molecule has 0 N–H and O–H groups in total. The van der Waals surface area contributed by atoms with Gasteiger partial charge in [0, 0.05) is 11.8 Å². The van der Waals surface area contributed by atoms with Crippen molar-refractivity contribution in [3.8, 4) is 0 Å². The zero-order chi connectivity index (χ0) is 10.0. The second-order valence-corrected chi connectivity index (χ2v) is 2.70. The van der Waals surface area contributed by atoms with Crippen molar-refractivity contribution in [2.24, 2.45) is 0 Å². The molecule has 0 fully saturated rings. The summed E-state index contributed by atoms with van der Waals surface area (Å²) < 4.78 is 0. The lowest BCUT2D eigenvalue weighted by Crippen LogP contribution is -1.99. The van der Waals surface area contributed by atoms with E-state index in [4.69, 9.17) is 11.6 Å². The lowest BCUT2D eigenvalue weighted by molar-refractivity contribution is -0.385. The Kier molecular flexibility index (Phi) is 2.57. The molecule has 0 aliphatic heterocycles. The van der Waals surface area contributed by atoms with Crippen molar-refractivity contribution < 1.29 is 9.72 Å². The number of halogens is 1. The van der Waals surface area contributed by atoms with Crippen LogP contribution in [0.5, 0.6) is 0 Å². The summed E-state index contributed by atoms with van der Waals surface area (Å²) in [5, 5.41) is 9.56. The molecule has 0 radical (unpaired) electrons. The third-order valence-corrected chi connectivity index (χ3v) is 1.70. The summed E-state index contributed by atoms with van der Waals surface area (Å²) in [6, 6.07) is 1.11. The lowest BCUT2D eigenvalue weighted by Gasteiger charge is -1.97. The van der Waals surface area contributed by atoms with Gasteiger partial charge in [-0.3, -0.25) is 19.9 Å². The molecule has 0 bridgehead atoms. The number of hydrogen-bond acceptors (Lipinski definition) is 4. The monoisotopic (exact) mass is 200 g/mol. The Morgan fingerprint density at radius 1 is 1.69 bits per heavy atom. The normalized spacial score (nSPS) is 9.69. The fraction of sp³-hybridized carbons (Fsp3) is 0.143. The van der Waals surface area contributed by atoms with Crippen molar-refractivity contribution >= 4 is 22.5 Å². The smallest absolute Gasteiger partial charge is 0.276 e. The summed E-state index contributed by atoms with van der Waals surface area (Å²) in [7, 11) is 0. The Hall–Kier alpha value is -1.49. The minimum Gasteiger partial charge on any atom is -0.276 e. The molecule has 13 heavy (non-hydrogen) atoms. The van der Waals surface area contributed by atoms with Gasteiger partial charge < -0.3 is 0 Å². The van der Waals surface area contributed by atoms with E-state index in [0.29, 0.717) is 5.69 Å². The molecule has 1 heterocycles. The Morgan fingerprint density at radius 2 is 2.31 bits per heavy atom. The zero-order valence-electron chi connectivity index (χ0n) is 6.65. The second kappa shape index (κ2) is 3.49. The van der Waals surface area contributed by atoms with Crippen LogP contribution in [0.1, 0.15) is 16.1 Å². The molecule has 0 saturated carbocycles. The van der Waals surface area contributed by atoms with E-state index < -0.39 is 10.2 Å². The maximum atomic E-state index is 10.7. The first-order valence-corrected chi connectivity index (χ1v) is 3.71. The molecule has 0 aliphatic rings. The van der Waals surface area contributed by atoms with Gasteiger partial charge in [-0.15, -0.1) is 0 Å². The van der Waals surface area contributed by atoms with Gasteiger partial charge in [-0.05, 0) is 18.5 Å². The van der Waals surface area contributed by atoms with Crippen LogP contribution in [-0.4, -0.2) is 15.1 Å². The van der Waals surface area contributed by atoms with E-state index in [9.17, 15) is 14.9 Å². The molecule has 1 aromatic heterocycles. The molecule has 0 spiro atoms. The maximum absolute atomic E-state index is 10.7. The van der Waals surface area contributed by atoms with Gasteiger partial charge in [0.25, 0.3) is 10.9 Å². The van der Waals surface area contributed by atoms with Gasteiger partial charge >= 0.3 is 0 Å². The van der Waals surface area contributed by atoms with Gasteiger partial charge in [-0.2, -0.15) is 0 Å². The minimum absolute atomic E-state index is 0.0656.